The SMILES string of the molecule is CCC(CC)n1c(Cc2cccs2)nc2cc(C(=O)N[C@@H](CC(C)C)C(=O)NCC3CCCCO3)ccc21. The molecule has 1 saturated heterocycles. The van der Waals surface area contributed by atoms with Crippen LogP contribution in [0.4, 0.5) is 0 Å². The van der Waals surface area contributed by atoms with Crippen LogP contribution in [0.25, 0.3) is 11.0 Å². The van der Waals surface area contributed by atoms with E-state index < -0.39 is 6.04 Å². The number of benzene rings is 1. The van der Waals surface area contributed by atoms with Crippen molar-refractivity contribution in [3.63, 3.8) is 0 Å². The molecule has 3 aromatic rings. The van der Waals surface area contributed by atoms with Gasteiger partial charge in [0.15, 0.2) is 0 Å². The molecule has 1 unspecified atom stereocenters. The van der Waals surface area contributed by atoms with Gasteiger partial charge in [0.05, 0.1) is 17.1 Å². The van der Waals surface area contributed by atoms with Crippen molar-refractivity contribution >= 4 is 34.2 Å². The molecule has 2 N–H and O–H groups in total. The molecule has 2 atom stereocenters. The highest BCUT2D eigenvalue weighted by molar-refractivity contribution is 7.09. The second kappa shape index (κ2) is 13.4. The molecule has 1 aliphatic rings. The van der Waals surface area contributed by atoms with Crippen LogP contribution in [-0.2, 0) is 16.0 Å². The van der Waals surface area contributed by atoms with Gasteiger partial charge in [0.2, 0.25) is 5.91 Å². The Labute approximate surface area is 230 Å². The van der Waals surface area contributed by atoms with Gasteiger partial charge in [0, 0.05) is 36.1 Å². The van der Waals surface area contributed by atoms with E-state index in [4.69, 9.17) is 9.72 Å². The highest BCUT2D eigenvalue weighted by atomic mass is 32.1. The molecule has 8 heteroatoms. The number of nitrogens with one attached hydrogen (secondary N) is 2. The Balaban J connectivity index is 1.53. The number of hydrogen-bond donors (Lipinski definition) is 2. The Kier molecular flexibility index (Phi) is 9.97. The largest absolute Gasteiger partial charge is 0.376 e. The lowest BCUT2D eigenvalue weighted by Gasteiger charge is -2.25. The molecule has 1 fully saturated rings. The third-order valence-corrected chi connectivity index (χ3v) is 8.23. The quantitative estimate of drug-likeness (QED) is 0.302. The number of imidazole rings is 1. The summed E-state index contributed by atoms with van der Waals surface area (Å²) < 4.78 is 8.09. The van der Waals surface area contributed by atoms with Crippen LogP contribution >= 0.6 is 11.3 Å². The van der Waals surface area contributed by atoms with Gasteiger partial charge in [-0.25, -0.2) is 4.98 Å². The monoisotopic (exact) mass is 538 g/mol. The topological polar surface area (TPSA) is 85.2 Å². The maximum atomic E-state index is 13.3. The molecule has 0 spiro atoms. The van der Waals surface area contributed by atoms with E-state index in [-0.39, 0.29) is 23.8 Å². The molecule has 2 amide bonds. The summed E-state index contributed by atoms with van der Waals surface area (Å²) in [6.07, 6.45) is 6.58. The molecule has 7 nitrogen and oxygen atoms in total. The predicted molar refractivity (Wildman–Crippen MR) is 154 cm³/mol. The van der Waals surface area contributed by atoms with E-state index in [2.05, 4.69) is 60.4 Å². The first-order chi connectivity index (χ1) is 18.4. The number of thiophene rings is 1. The number of fused-ring (bicyclic) bond motifs is 1. The van der Waals surface area contributed by atoms with E-state index in [0.29, 0.717) is 24.6 Å². The van der Waals surface area contributed by atoms with Gasteiger partial charge in [-0.1, -0.05) is 33.8 Å². The van der Waals surface area contributed by atoms with Crippen molar-refractivity contribution in [3.05, 3.63) is 52.0 Å². The Morgan fingerprint density at radius 3 is 2.66 bits per heavy atom. The molecule has 0 bridgehead atoms. The second-order valence-corrected chi connectivity index (χ2v) is 11.7. The number of amides is 2. The van der Waals surface area contributed by atoms with E-state index >= 15 is 0 Å². The van der Waals surface area contributed by atoms with Gasteiger partial charge in [-0.05, 0) is 74.1 Å². The summed E-state index contributed by atoms with van der Waals surface area (Å²) in [5.41, 5.74) is 2.38. The fourth-order valence-corrected chi connectivity index (χ4v) is 6.00. The number of nitrogens with zero attached hydrogens (tertiary/aromatic N) is 2. The fraction of sp³-hybridized carbons (Fsp3) is 0.567. The van der Waals surface area contributed by atoms with Gasteiger partial charge in [-0.15, -0.1) is 11.3 Å². The van der Waals surface area contributed by atoms with Crippen molar-refractivity contribution in [2.24, 2.45) is 5.92 Å². The molecule has 3 heterocycles. The number of carbonyl (C=O) groups excluding carboxylic acids is 2. The van der Waals surface area contributed by atoms with Crippen molar-refractivity contribution in [3.8, 4) is 0 Å². The van der Waals surface area contributed by atoms with Crippen molar-refractivity contribution in [1.82, 2.24) is 20.2 Å². The van der Waals surface area contributed by atoms with Gasteiger partial charge >= 0.3 is 0 Å². The Morgan fingerprint density at radius 1 is 1.18 bits per heavy atom. The maximum Gasteiger partial charge on any atom is 0.252 e. The highest BCUT2D eigenvalue weighted by Crippen LogP contribution is 2.28. The second-order valence-electron chi connectivity index (χ2n) is 10.7. The zero-order valence-corrected chi connectivity index (χ0v) is 24.0. The van der Waals surface area contributed by atoms with E-state index in [1.54, 1.807) is 11.3 Å². The number of aromatic nitrogens is 2. The van der Waals surface area contributed by atoms with Crippen LogP contribution in [0.1, 0.15) is 93.3 Å². The summed E-state index contributed by atoms with van der Waals surface area (Å²) >= 11 is 1.74. The molecule has 0 radical (unpaired) electrons. The van der Waals surface area contributed by atoms with Crippen molar-refractivity contribution in [2.45, 2.75) is 90.8 Å². The first kappa shape index (κ1) is 28.3. The van der Waals surface area contributed by atoms with E-state index in [1.807, 2.05) is 18.2 Å². The zero-order chi connectivity index (χ0) is 27.1. The smallest absolute Gasteiger partial charge is 0.252 e. The summed E-state index contributed by atoms with van der Waals surface area (Å²) in [5, 5.41) is 8.09. The summed E-state index contributed by atoms with van der Waals surface area (Å²) in [4.78, 5) is 32.6. The van der Waals surface area contributed by atoms with Crippen molar-refractivity contribution < 1.29 is 14.3 Å². The Bertz CT molecular complexity index is 1190. The summed E-state index contributed by atoms with van der Waals surface area (Å²) in [6.45, 7) is 9.76. The Hall–Kier alpha value is -2.71. The van der Waals surface area contributed by atoms with E-state index in [0.717, 1.165) is 62.0 Å². The van der Waals surface area contributed by atoms with Crippen molar-refractivity contribution in [1.29, 1.82) is 0 Å². The molecule has 2 aromatic heterocycles. The van der Waals surface area contributed by atoms with Gasteiger partial charge in [-0.2, -0.15) is 0 Å². The van der Waals surface area contributed by atoms with Gasteiger partial charge < -0.3 is 19.9 Å². The van der Waals surface area contributed by atoms with E-state index in [1.165, 1.54) is 4.88 Å². The normalized spacial score (nSPS) is 16.7. The van der Waals surface area contributed by atoms with Crippen LogP contribution in [0.15, 0.2) is 35.7 Å². The third-order valence-electron chi connectivity index (χ3n) is 7.35. The average Bonchev–Trinajstić information content (AvgIpc) is 3.55. The summed E-state index contributed by atoms with van der Waals surface area (Å²) in [5.74, 6) is 0.878. The average molecular weight is 539 g/mol. The third kappa shape index (κ3) is 7.03. The standard InChI is InChI=1S/C30H42N4O3S/c1-5-22(6-2)34-27-13-12-21(17-25(27)32-28(34)18-24-11-9-15-38-24)29(35)33-26(16-20(3)4)30(36)31-19-23-10-7-8-14-37-23/h9,11-13,15,17,20,22-23,26H,5-8,10,14,16,18-19H2,1-4H3,(H,31,36)(H,33,35)/t23?,26-/m0/s1. The minimum Gasteiger partial charge on any atom is -0.376 e. The van der Waals surface area contributed by atoms with Gasteiger partial charge in [-0.3, -0.25) is 9.59 Å². The number of carbonyl (C=O) groups is 2. The van der Waals surface area contributed by atoms with Crippen LogP contribution in [0.3, 0.4) is 0 Å². The molecule has 4 rings (SSSR count). The van der Waals surface area contributed by atoms with Crippen LogP contribution in [0.2, 0.25) is 0 Å². The summed E-state index contributed by atoms with van der Waals surface area (Å²) in [6, 6.07) is 9.68. The first-order valence-corrected chi connectivity index (χ1v) is 15.0. The summed E-state index contributed by atoms with van der Waals surface area (Å²) in [7, 11) is 0. The van der Waals surface area contributed by atoms with E-state index in [9.17, 15) is 9.59 Å². The lowest BCUT2D eigenvalue weighted by molar-refractivity contribution is -0.124. The van der Waals surface area contributed by atoms with Crippen LogP contribution in [-0.4, -0.2) is 46.7 Å². The lowest BCUT2D eigenvalue weighted by atomic mass is 10.0. The van der Waals surface area contributed by atoms with Crippen LogP contribution < -0.4 is 10.6 Å². The maximum absolute atomic E-state index is 13.3. The fourth-order valence-electron chi connectivity index (χ4n) is 5.30. The lowest BCUT2D eigenvalue weighted by Crippen LogP contribution is -2.49. The first-order valence-electron chi connectivity index (χ1n) is 14.1. The zero-order valence-electron chi connectivity index (χ0n) is 23.2. The van der Waals surface area contributed by atoms with Crippen molar-refractivity contribution in [2.75, 3.05) is 13.2 Å². The molecule has 206 valence electrons. The minimum atomic E-state index is -0.599. The minimum absolute atomic E-state index is 0.0547. The number of hydrogen-bond acceptors (Lipinski definition) is 5. The van der Waals surface area contributed by atoms with Gasteiger partial charge in [0.1, 0.15) is 11.9 Å². The van der Waals surface area contributed by atoms with Crippen LogP contribution in [0, 0.1) is 5.92 Å². The molecule has 1 aliphatic heterocycles. The Morgan fingerprint density at radius 2 is 2.00 bits per heavy atom. The molecular weight excluding hydrogens is 496 g/mol. The highest BCUT2D eigenvalue weighted by Gasteiger charge is 2.25. The molecule has 0 aliphatic carbocycles. The molecule has 38 heavy (non-hydrogen) atoms. The van der Waals surface area contributed by atoms with Gasteiger partial charge in [0.25, 0.3) is 5.91 Å². The molecule has 0 saturated carbocycles. The number of ether oxygens (including phenoxy) is 1. The molecular formula is C30H42N4O3S. The molecule has 1 aromatic carbocycles. The van der Waals surface area contributed by atoms with Crippen LogP contribution in [0.5, 0.6) is 0 Å². The predicted octanol–water partition coefficient (Wildman–Crippen LogP) is 5.88. The number of rotatable bonds is 12.